The molecule has 2 aromatic rings. The summed E-state index contributed by atoms with van der Waals surface area (Å²) in [4.78, 5) is 10.6. The summed E-state index contributed by atoms with van der Waals surface area (Å²) in [6, 6.07) is 3.40. The average Bonchev–Trinajstić information content (AvgIpc) is 2.47. The SMILES string of the molecule is O=Cc1coc2cc(Cl)cc(Br)c12. The van der Waals surface area contributed by atoms with Crippen LogP contribution in [-0.4, -0.2) is 6.29 Å². The van der Waals surface area contributed by atoms with Crippen molar-refractivity contribution in [2.75, 3.05) is 0 Å². The van der Waals surface area contributed by atoms with Crippen molar-refractivity contribution in [2.45, 2.75) is 0 Å². The Balaban J connectivity index is 2.89. The van der Waals surface area contributed by atoms with Crippen LogP contribution in [0.15, 0.2) is 27.3 Å². The molecule has 0 saturated carbocycles. The molecule has 1 heterocycles. The van der Waals surface area contributed by atoms with Crippen molar-refractivity contribution in [3.8, 4) is 0 Å². The van der Waals surface area contributed by atoms with Gasteiger partial charge in [0.1, 0.15) is 11.8 Å². The minimum atomic E-state index is 0.526. The van der Waals surface area contributed by atoms with Crippen molar-refractivity contribution in [3.63, 3.8) is 0 Å². The number of hydrogen-bond acceptors (Lipinski definition) is 2. The van der Waals surface area contributed by atoms with Crippen LogP contribution in [0.4, 0.5) is 0 Å². The van der Waals surface area contributed by atoms with E-state index in [9.17, 15) is 4.79 Å². The third kappa shape index (κ3) is 1.38. The van der Waals surface area contributed by atoms with Gasteiger partial charge in [-0.2, -0.15) is 0 Å². The number of benzene rings is 1. The Morgan fingerprint density at radius 1 is 1.46 bits per heavy atom. The van der Waals surface area contributed by atoms with Gasteiger partial charge in [-0.1, -0.05) is 11.6 Å². The Morgan fingerprint density at radius 3 is 2.92 bits per heavy atom. The monoisotopic (exact) mass is 258 g/mol. The van der Waals surface area contributed by atoms with Crippen LogP contribution in [0.1, 0.15) is 10.4 Å². The predicted octanol–water partition coefficient (Wildman–Crippen LogP) is 3.66. The third-order valence-corrected chi connectivity index (χ3v) is 2.59. The van der Waals surface area contributed by atoms with Crippen LogP contribution in [0, 0.1) is 0 Å². The van der Waals surface area contributed by atoms with E-state index in [-0.39, 0.29) is 0 Å². The Kier molecular flexibility index (Phi) is 2.14. The van der Waals surface area contributed by atoms with Crippen LogP contribution in [0.25, 0.3) is 11.0 Å². The maximum Gasteiger partial charge on any atom is 0.153 e. The first-order valence-corrected chi connectivity index (χ1v) is 4.71. The molecule has 1 aromatic carbocycles. The number of furan rings is 1. The quantitative estimate of drug-likeness (QED) is 0.732. The van der Waals surface area contributed by atoms with Crippen LogP contribution < -0.4 is 0 Å². The van der Waals surface area contributed by atoms with Gasteiger partial charge in [0.2, 0.25) is 0 Å². The molecule has 0 saturated heterocycles. The molecule has 66 valence electrons. The van der Waals surface area contributed by atoms with Crippen LogP contribution in [0.5, 0.6) is 0 Å². The highest BCUT2D eigenvalue weighted by molar-refractivity contribution is 9.10. The first kappa shape index (κ1) is 8.78. The molecular weight excluding hydrogens is 255 g/mol. The second-order valence-corrected chi connectivity index (χ2v) is 3.86. The lowest BCUT2D eigenvalue weighted by molar-refractivity contribution is 0.112. The molecule has 0 atom stereocenters. The zero-order chi connectivity index (χ0) is 9.42. The average molecular weight is 259 g/mol. The van der Waals surface area contributed by atoms with Gasteiger partial charge in [0.15, 0.2) is 6.29 Å². The molecule has 13 heavy (non-hydrogen) atoms. The summed E-state index contributed by atoms with van der Waals surface area (Å²) < 4.78 is 5.93. The minimum absolute atomic E-state index is 0.526. The van der Waals surface area contributed by atoms with Gasteiger partial charge in [-0.3, -0.25) is 4.79 Å². The number of carbonyl (C=O) groups is 1. The molecule has 0 spiro atoms. The van der Waals surface area contributed by atoms with Gasteiger partial charge in [0.25, 0.3) is 0 Å². The first-order valence-electron chi connectivity index (χ1n) is 3.54. The molecule has 0 aliphatic heterocycles. The van der Waals surface area contributed by atoms with Crippen molar-refractivity contribution in [2.24, 2.45) is 0 Å². The largest absolute Gasteiger partial charge is 0.463 e. The summed E-state index contributed by atoms with van der Waals surface area (Å²) >= 11 is 9.11. The second-order valence-electron chi connectivity index (χ2n) is 2.57. The molecule has 0 N–H and O–H groups in total. The Morgan fingerprint density at radius 2 is 2.23 bits per heavy atom. The van der Waals surface area contributed by atoms with Gasteiger partial charge in [-0.25, -0.2) is 0 Å². The maximum absolute atomic E-state index is 10.6. The van der Waals surface area contributed by atoms with E-state index in [1.54, 1.807) is 12.1 Å². The van der Waals surface area contributed by atoms with E-state index >= 15 is 0 Å². The van der Waals surface area contributed by atoms with Crippen molar-refractivity contribution in [1.29, 1.82) is 0 Å². The highest BCUT2D eigenvalue weighted by atomic mass is 79.9. The second kappa shape index (κ2) is 3.16. The molecule has 0 fully saturated rings. The van der Waals surface area contributed by atoms with Gasteiger partial charge in [0, 0.05) is 20.9 Å². The zero-order valence-corrected chi connectivity index (χ0v) is 8.72. The number of aldehydes is 1. The summed E-state index contributed by atoms with van der Waals surface area (Å²) in [6.45, 7) is 0. The smallest absolute Gasteiger partial charge is 0.153 e. The van der Waals surface area contributed by atoms with Gasteiger partial charge in [-0.05, 0) is 22.0 Å². The summed E-state index contributed by atoms with van der Waals surface area (Å²) in [7, 11) is 0. The molecule has 2 rings (SSSR count). The molecule has 0 radical (unpaired) electrons. The summed E-state index contributed by atoms with van der Waals surface area (Å²) in [5.74, 6) is 0. The van der Waals surface area contributed by atoms with Crippen molar-refractivity contribution < 1.29 is 9.21 Å². The highest BCUT2D eigenvalue weighted by Gasteiger charge is 2.09. The van der Waals surface area contributed by atoms with E-state index in [2.05, 4.69) is 15.9 Å². The number of rotatable bonds is 1. The molecule has 1 aromatic heterocycles. The summed E-state index contributed by atoms with van der Waals surface area (Å²) in [6.07, 6.45) is 2.17. The van der Waals surface area contributed by atoms with Gasteiger partial charge in [0.05, 0.1) is 5.56 Å². The fraction of sp³-hybridized carbons (Fsp3) is 0. The minimum Gasteiger partial charge on any atom is -0.463 e. The molecule has 0 bridgehead atoms. The number of fused-ring (bicyclic) bond motifs is 1. The number of hydrogen-bond donors (Lipinski definition) is 0. The fourth-order valence-electron chi connectivity index (χ4n) is 1.20. The van der Waals surface area contributed by atoms with Crippen molar-refractivity contribution in [3.05, 3.63) is 33.5 Å². The fourth-order valence-corrected chi connectivity index (χ4v) is 2.21. The van der Waals surface area contributed by atoms with Crippen LogP contribution >= 0.6 is 27.5 Å². The van der Waals surface area contributed by atoms with Crippen molar-refractivity contribution >= 4 is 44.8 Å². The molecule has 2 nitrogen and oxygen atoms in total. The zero-order valence-electron chi connectivity index (χ0n) is 6.38. The normalized spacial score (nSPS) is 10.6. The lowest BCUT2D eigenvalue weighted by Crippen LogP contribution is -1.76. The van der Waals surface area contributed by atoms with Crippen molar-refractivity contribution in [1.82, 2.24) is 0 Å². The number of carbonyl (C=O) groups excluding carboxylic acids is 1. The molecule has 4 heteroatoms. The summed E-state index contributed by atoms with van der Waals surface area (Å²) in [5.41, 5.74) is 1.14. The van der Waals surface area contributed by atoms with E-state index in [4.69, 9.17) is 16.0 Å². The molecule has 0 unspecified atom stereocenters. The van der Waals surface area contributed by atoms with E-state index in [1.165, 1.54) is 6.26 Å². The molecular formula is C9H4BrClO2. The van der Waals surface area contributed by atoms with E-state index < -0.39 is 0 Å². The van der Waals surface area contributed by atoms with Gasteiger partial charge >= 0.3 is 0 Å². The number of halogens is 2. The molecule has 0 aliphatic carbocycles. The van der Waals surface area contributed by atoms with E-state index in [1.807, 2.05) is 0 Å². The Bertz CT molecular complexity index is 476. The Hall–Kier alpha value is -0.800. The first-order chi connectivity index (χ1) is 6.22. The van der Waals surface area contributed by atoms with E-state index in [0.29, 0.717) is 16.2 Å². The standard InChI is InChI=1S/C9H4BrClO2/c10-7-1-6(11)2-8-9(7)5(3-12)4-13-8/h1-4H. The van der Waals surface area contributed by atoms with Crippen LogP contribution in [-0.2, 0) is 0 Å². The lowest BCUT2D eigenvalue weighted by Gasteiger charge is -1.94. The van der Waals surface area contributed by atoms with Crippen LogP contribution in [0.2, 0.25) is 5.02 Å². The molecule has 0 amide bonds. The Labute approximate surface area is 87.6 Å². The molecule has 0 aliphatic rings. The summed E-state index contributed by atoms with van der Waals surface area (Å²) in [5, 5.41) is 1.34. The van der Waals surface area contributed by atoms with Gasteiger partial charge in [-0.15, -0.1) is 0 Å². The predicted molar refractivity (Wildman–Crippen MR) is 54.3 cm³/mol. The third-order valence-electron chi connectivity index (χ3n) is 1.75. The lowest BCUT2D eigenvalue weighted by atomic mass is 10.2. The maximum atomic E-state index is 10.6. The topological polar surface area (TPSA) is 30.2 Å². The highest BCUT2D eigenvalue weighted by Crippen LogP contribution is 2.31. The van der Waals surface area contributed by atoms with E-state index in [0.717, 1.165) is 16.1 Å². The van der Waals surface area contributed by atoms with Crippen LogP contribution in [0.3, 0.4) is 0 Å². The van der Waals surface area contributed by atoms with Gasteiger partial charge < -0.3 is 4.42 Å².